The molecule has 0 aliphatic carbocycles. The number of aryl methyl sites for hydroxylation is 2. The average molecular weight is 406 g/mol. The van der Waals surface area contributed by atoms with Gasteiger partial charge in [0.1, 0.15) is 11.6 Å². The molecule has 2 aromatic heterocycles. The second-order valence-corrected chi connectivity index (χ2v) is 8.72. The summed E-state index contributed by atoms with van der Waals surface area (Å²) in [6.45, 7) is 9.16. The second-order valence-electron chi connectivity index (χ2n) is 8.72. The lowest BCUT2D eigenvalue weighted by atomic mass is 10.0. The fourth-order valence-corrected chi connectivity index (χ4v) is 4.50. The lowest BCUT2D eigenvalue weighted by Crippen LogP contribution is -2.24. The minimum Gasteiger partial charge on any atom is -0.381 e. The Morgan fingerprint density at radius 1 is 1.07 bits per heavy atom. The maximum absolute atomic E-state index is 5.52. The van der Waals surface area contributed by atoms with Crippen LogP contribution >= 0.6 is 0 Å². The highest BCUT2D eigenvalue weighted by Crippen LogP contribution is 2.30. The van der Waals surface area contributed by atoms with E-state index in [9.17, 15) is 0 Å². The first kappa shape index (κ1) is 19.4. The van der Waals surface area contributed by atoms with E-state index < -0.39 is 0 Å². The SMILES string of the molecule is Cc1ccc(-c2cnn3c(NCC4CCOCC4)cc(N4CCCC4)nc23)cc1C. The molecule has 1 aromatic carbocycles. The van der Waals surface area contributed by atoms with Gasteiger partial charge < -0.3 is 15.0 Å². The molecule has 2 saturated heterocycles. The van der Waals surface area contributed by atoms with Crippen molar-refractivity contribution in [2.45, 2.75) is 39.5 Å². The standard InChI is InChI=1S/C24H31N5O/c1-17-5-6-20(13-18(17)2)21-16-26-29-22(25-15-19-7-11-30-12-8-19)14-23(27-24(21)29)28-9-3-4-10-28/h5-6,13-14,16,19,25H,3-4,7-12,15H2,1-2H3. The number of nitrogens with zero attached hydrogens (tertiary/aromatic N) is 4. The van der Waals surface area contributed by atoms with E-state index in [1.165, 1.54) is 29.5 Å². The molecule has 0 unspecified atom stereocenters. The summed E-state index contributed by atoms with van der Waals surface area (Å²) in [4.78, 5) is 7.47. The second kappa shape index (κ2) is 8.26. The molecule has 0 amide bonds. The van der Waals surface area contributed by atoms with Crippen LogP contribution in [0.15, 0.2) is 30.5 Å². The van der Waals surface area contributed by atoms with Gasteiger partial charge in [0.15, 0.2) is 5.65 Å². The smallest absolute Gasteiger partial charge is 0.167 e. The van der Waals surface area contributed by atoms with Gasteiger partial charge in [0.2, 0.25) is 0 Å². The number of anilines is 2. The van der Waals surface area contributed by atoms with E-state index in [1.54, 1.807) is 0 Å². The molecule has 0 saturated carbocycles. The molecule has 3 aromatic rings. The third-order valence-corrected chi connectivity index (χ3v) is 6.62. The first-order valence-electron chi connectivity index (χ1n) is 11.2. The molecule has 4 heterocycles. The van der Waals surface area contributed by atoms with Crippen LogP contribution in [0.3, 0.4) is 0 Å². The molecule has 2 fully saturated rings. The lowest BCUT2D eigenvalue weighted by molar-refractivity contribution is 0.0699. The Morgan fingerprint density at radius 3 is 2.63 bits per heavy atom. The minimum atomic E-state index is 0.645. The van der Waals surface area contributed by atoms with Crippen LogP contribution in [-0.4, -0.2) is 47.4 Å². The summed E-state index contributed by atoms with van der Waals surface area (Å²) >= 11 is 0. The van der Waals surface area contributed by atoms with Crippen LogP contribution in [-0.2, 0) is 4.74 Å². The summed E-state index contributed by atoms with van der Waals surface area (Å²) in [5, 5.41) is 8.41. The van der Waals surface area contributed by atoms with Gasteiger partial charge in [0, 0.05) is 44.5 Å². The first-order chi connectivity index (χ1) is 14.7. The van der Waals surface area contributed by atoms with Gasteiger partial charge in [-0.05, 0) is 62.1 Å². The number of hydrogen-bond donors (Lipinski definition) is 1. The largest absolute Gasteiger partial charge is 0.381 e. The highest BCUT2D eigenvalue weighted by Gasteiger charge is 2.20. The molecule has 0 radical (unpaired) electrons. The van der Waals surface area contributed by atoms with Crippen molar-refractivity contribution in [2.24, 2.45) is 5.92 Å². The van der Waals surface area contributed by atoms with E-state index in [0.29, 0.717) is 5.92 Å². The van der Waals surface area contributed by atoms with Crippen LogP contribution in [0.5, 0.6) is 0 Å². The number of ether oxygens (including phenoxy) is 1. The van der Waals surface area contributed by atoms with Crippen molar-refractivity contribution < 1.29 is 4.74 Å². The summed E-state index contributed by atoms with van der Waals surface area (Å²) in [5.41, 5.74) is 5.79. The van der Waals surface area contributed by atoms with Crippen LogP contribution in [0.2, 0.25) is 0 Å². The fraction of sp³-hybridized carbons (Fsp3) is 0.500. The third kappa shape index (κ3) is 3.76. The van der Waals surface area contributed by atoms with Crippen LogP contribution in [0, 0.1) is 19.8 Å². The Balaban J connectivity index is 1.54. The molecule has 30 heavy (non-hydrogen) atoms. The van der Waals surface area contributed by atoms with Crippen molar-refractivity contribution >= 4 is 17.3 Å². The molecule has 0 atom stereocenters. The monoisotopic (exact) mass is 405 g/mol. The van der Waals surface area contributed by atoms with Crippen LogP contribution < -0.4 is 10.2 Å². The molecule has 1 N–H and O–H groups in total. The van der Waals surface area contributed by atoms with E-state index in [-0.39, 0.29) is 0 Å². The van der Waals surface area contributed by atoms with Crippen molar-refractivity contribution in [1.29, 1.82) is 0 Å². The fourth-order valence-electron chi connectivity index (χ4n) is 4.50. The molecule has 158 valence electrons. The number of rotatable bonds is 5. The van der Waals surface area contributed by atoms with Crippen molar-refractivity contribution in [3.8, 4) is 11.1 Å². The molecule has 5 rings (SSSR count). The van der Waals surface area contributed by atoms with Crippen molar-refractivity contribution in [1.82, 2.24) is 14.6 Å². The predicted molar refractivity (Wildman–Crippen MR) is 121 cm³/mol. The van der Waals surface area contributed by atoms with Gasteiger partial charge in [0.05, 0.1) is 6.20 Å². The van der Waals surface area contributed by atoms with Gasteiger partial charge >= 0.3 is 0 Å². The highest BCUT2D eigenvalue weighted by atomic mass is 16.5. The van der Waals surface area contributed by atoms with Gasteiger partial charge in [0.25, 0.3) is 0 Å². The van der Waals surface area contributed by atoms with E-state index in [4.69, 9.17) is 14.8 Å². The molecule has 0 bridgehead atoms. The molecular formula is C24H31N5O. The molecular weight excluding hydrogens is 374 g/mol. The summed E-state index contributed by atoms with van der Waals surface area (Å²) in [7, 11) is 0. The van der Waals surface area contributed by atoms with Gasteiger partial charge in [-0.2, -0.15) is 9.61 Å². The zero-order valence-corrected chi connectivity index (χ0v) is 18.0. The maximum atomic E-state index is 5.52. The Morgan fingerprint density at radius 2 is 1.87 bits per heavy atom. The van der Waals surface area contributed by atoms with Crippen molar-refractivity contribution in [2.75, 3.05) is 43.1 Å². The van der Waals surface area contributed by atoms with Crippen LogP contribution in [0.4, 0.5) is 11.6 Å². The molecule has 6 heteroatoms. The summed E-state index contributed by atoms with van der Waals surface area (Å²) in [5.74, 6) is 2.73. The first-order valence-corrected chi connectivity index (χ1v) is 11.2. The van der Waals surface area contributed by atoms with Gasteiger partial charge in [-0.3, -0.25) is 0 Å². The highest BCUT2D eigenvalue weighted by molar-refractivity contribution is 5.80. The number of fused-ring (bicyclic) bond motifs is 1. The number of aromatic nitrogens is 3. The van der Waals surface area contributed by atoms with E-state index >= 15 is 0 Å². The molecule has 2 aliphatic rings. The molecule has 2 aliphatic heterocycles. The molecule has 0 spiro atoms. The number of nitrogens with one attached hydrogen (secondary N) is 1. The quantitative estimate of drug-likeness (QED) is 0.680. The van der Waals surface area contributed by atoms with Crippen LogP contribution in [0.25, 0.3) is 16.8 Å². The van der Waals surface area contributed by atoms with Crippen molar-refractivity contribution in [3.63, 3.8) is 0 Å². The number of hydrogen-bond acceptors (Lipinski definition) is 5. The van der Waals surface area contributed by atoms with Gasteiger partial charge in [-0.25, -0.2) is 4.98 Å². The lowest BCUT2D eigenvalue weighted by Gasteiger charge is -2.23. The zero-order chi connectivity index (χ0) is 20.5. The maximum Gasteiger partial charge on any atom is 0.167 e. The van der Waals surface area contributed by atoms with E-state index in [2.05, 4.69) is 48.3 Å². The molecule has 6 nitrogen and oxygen atoms in total. The summed E-state index contributed by atoms with van der Waals surface area (Å²) in [6.07, 6.45) is 6.67. The zero-order valence-electron chi connectivity index (χ0n) is 18.0. The Kier molecular flexibility index (Phi) is 5.34. The van der Waals surface area contributed by atoms with Gasteiger partial charge in [-0.15, -0.1) is 0 Å². The van der Waals surface area contributed by atoms with E-state index in [0.717, 1.165) is 68.5 Å². The summed E-state index contributed by atoms with van der Waals surface area (Å²) < 4.78 is 7.49. The predicted octanol–water partition coefficient (Wildman–Crippen LogP) is 4.45. The Labute approximate surface area is 178 Å². The van der Waals surface area contributed by atoms with Crippen molar-refractivity contribution in [3.05, 3.63) is 41.6 Å². The number of benzene rings is 1. The Bertz CT molecular complexity index is 1030. The summed E-state index contributed by atoms with van der Waals surface area (Å²) in [6, 6.07) is 8.78. The third-order valence-electron chi connectivity index (χ3n) is 6.62. The van der Waals surface area contributed by atoms with E-state index in [1.807, 2.05) is 10.7 Å². The minimum absolute atomic E-state index is 0.645. The van der Waals surface area contributed by atoms with Gasteiger partial charge in [-0.1, -0.05) is 18.2 Å². The normalized spacial score (nSPS) is 17.7. The van der Waals surface area contributed by atoms with Crippen LogP contribution in [0.1, 0.15) is 36.8 Å². The Hall–Kier alpha value is -2.60. The average Bonchev–Trinajstić information content (AvgIpc) is 3.45. The topological polar surface area (TPSA) is 54.7 Å².